The molecule has 0 bridgehead atoms. The molecule has 1 rings (SSSR count). The van der Waals surface area contributed by atoms with Crippen molar-refractivity contribution in [2.24, 2.45) is 5.41 Å². The summed E-state index contributed by atoms with van der Waals surface area (Å²) in [5, 5.41) is 0. The summed E-state index contributed by atoms with van der Waals surface area (Å²) in [4.78, 5) is 22.6. The highest BCUT2D eigenvalue weighted by molar-refractivity contribution is 5.96. The number of allylic oxidation sites excluding steroid dienone is 2. The highest BCUT2D eigenvalue weighted by Gasteiger charge is 2.32. The fourth-order valence-corrected chi connectivity index (χ4v) is 2.66. The van der Waals surface area contributed by atoms with Crippen molar-refractivity contribution in [1.82, 2.24) is 0 Å². The SMILES string of the molecule is CC(=O)OC(C)CCC1=C(C)C(=O)CCC1(C)C. The first-order valence-corrected chi connectivity index (χ1v) is 6.64. The third-order valence-corrected chi connectivity index (χ3v) is 3.83. The topological polar surface area (TPSA) is 43.4 Å². The Labute approximate surface area is 110 Å². The summed E-state index contributed by atoms with van der Waals surface area (Å²) in [7, 11) is 0. The lowest BCUT2D eigenvalue weighted by Gasteiger charge is -2.34. The largest absolute Gasteiger partial charge is 0.463 e. The van der Waals surface area contributed by atoms with Gasteiger partial charge < -0.3 is 4.74 Å². The number of ketones is 1. The van der Waals surface area contributed by atoms with Crippen molar-refractivity contribution in [2.75, 3.05) is 0 Å². The minimum Gasteiger partial charge on any atom is -0.463 e. The molecule has 0 fully saturated rings. The number of ether oxygens (including phenoxy) is 1. The highest BCUT2D eigenvalue weighted by Crippen LogP contribution is 2.41. The fourth-order valence-electron chi connectivity index (χ4n) is 2.66. The van der Waals surface area contributed by atoms with Gasteiger partial charge in [0, 0.05) is 13.3 Å². The van der Waals surface area contributed by atoms with E-state index in [2.05, 4.69) is 13.8 Å². The minimum absolute atomic E-state index is 0.0874. The Bertz CT molecular complexity index is 377. The third-order valence-electron chi connectivity index (χ3n) is 3.83. The van der Waals surface area contributed by atoms with Crippen LogP contribution in [0.25, 0.3) is 0 Å². The predicted octanol–water partition coefficient (Wildman–Crippen LogP) is 3.42. The molecule has 0 N–H and O–H groups in total. The van der Waals surface area contributed by atoms with E-state index in [-0.39, 0.29) is 23.3 Å². The van der Waals surface area contributed by atoms with Gasteiger partial charge in [-0.25, -0.2) is 0 Å². The molecule has 0 amide bonds. The van der Waals surface area contributed by atoms with E-state index in [1.807, 2.05) is 13.8 Å². The molecule has 0 aromatic carbocycles. The Balaban J connectivity index is 2.71. The molecule has 3 nitrogen and oxygen atoms in total. The first-order valence-electron chi connectivity index (χ1n) is 6.64. The molecule has 102 valence electrons. The monoisotopic (exact) mass is 252 g/mol. The summed E-state index contributed by atoms with van der Waals surface area (Å²) >= 11 is 0. The van der Waals surface area contributed by atoms with Crippen molar-refractivity contribution in [3.63, 3.8) is 0 Å². The predicted molar refractivity (Wildman–Crippen MR) is 71.2 cm³/mol. The third kappa shape index (κ3) is 3.69. The van der Waals surface area contributed by atoms with Crippen LogP contribution in [-0.2, 0) is 14.3 Å². The number of carbonyl (C=O) groups excluding carboxylic acids is 2. The Hall–Kier alpha value is -1.12. The van der Waals surface area contributed by atoms with Crippen LogP contribution in [0.2, 0.25) is 0 Å². The average Bonchev–Trinajstić information content (AvgIpc) is 2.23. The molecule has 3 heteroatoms. The van der Waals surface area contributed by atoms with Gasteiger partial charge in [0.25, 0.3) is 0 Å². The van der Waals surface area contributed by atoms with Crippen molar-refractivity contribution in [2.45, 2.75) is 66.4 Å². The maximum Gasteiger partial charge on any atom is 0.302 e. The summed E-state index contributed by atoms with van der Waals surface area (Å²) in [5.41, 5.74) is 2.24. The smallest absolute Gasteiger partial charge is 0.302 e. The minimum atomic E-state index is -0.243. The van der Waals surface area contributed by atoms with Crippen LogP contribution in [0, 0.1) is 5.41 Å². The van der Waals surface area contributed by atoms with Crippen LogP contribution in [0.15, 0.2) is 11.1 Å². The number of Topliss-reactive ketones (excluding diaryl/α,β-unsaturated/α-hetero) is 1. The molecule has 0 spiro atoms. The zero-order chi connectivity index (χ0) is 13.9. The van der Waals surface area contributed by atoms with E-state index in [1.165, 1.54) is 12.5 Å². The zero-order valence-corrected chi connectivity index (χ0v) is 12.1. The van der Waals surface area contributed by atoms with E-state index < -0.39 is 0 Å². The summed E-state index contributed by atoms with van der Waals surface area (Å²) in [6, 6.07) is 0. The molecule has 0 aliphatic heterocycles. The van der Waals surface area contributed by atoms with Gasteiger partial charge in [-0.15, -0.1) is 0 Å². The first kappa shape index (κ1) is 14.9. The zero-order valence-electron chi connectivity index (χ0n) is 12.1. The van der Waals surface area contributed by atoms with Crippen molar-refractivity contribution < 1.29 is 14.3 Å². The van der Waals surface area contributed by atoms with E-state index in [0.29, 0.717) is 6.42 Å². The molecule has 18 heavy (non-hydrogen) atoms. The van der Waals surface area contributed by atoms with E-state index >= 15 is 0 Å². The van der Waals surface area contributed by atoms with Crippen LogP contribution in [0.3, 0.4) is 0 Å². The molecule has 0 saturated carbocycles. The maximum absolute atomic E-state index is 11.8. The Morgan fingerprint density at radius 3 is 2.61 bits per heavy atom. The fraction of sp³-hybridized carbons (Fsp3) is 0.733. The second-order valence-electron chi connectivity index (χ2n) is 5.87. The van der Waals surface area contributed by atoms with Crippen LogP contribution in [0.5, 0.6) is 0 Å². The molecule has 0 aromatic rings. The van der Waals surface area contributed by atoms with Gasteiger partial charge in [0.2, 0.25) is 0 Å². The Morgan fingerprint density at radius 1 is 1.44 bits per heavy atom. The van der Waals surface area contributed by atoms with Crippen molar-refractivity contribution in [1.29, 1.82) is 0 Å². The number of hydrogen-bond donors (Lipinski definition) is 0. The molecule has 1 atom stereocenters. The lowest BCUT2D eigenvalue weighted by molar-refractivity contribution is -0.145. The van der Waals surface area contributed by atoms with E-state index in [0.717, 1.165) is 24.8 Å². The molecule has 1 aliphatic carbocycles. The molecular weight excluding hydrogens is 228 g/mol. The molecule has 0 saturated heterocycles. The van der Waals surface area contributed by atoms with Gasteiger partial charge in [-0.05, 0) is 44.1 Å². The average molecular weight is 252 g/mol. The molecular formula is C15H24O3. The number of rotatable bonds is 4. The van der Waals surface area contributed by atoms with Crippen molar-refractivity contribution in [3.8, 4) is 0 Å². The van der Waals surface area contributed by atoms with Gasteiger partial charge >= 0.3 is 5.97 Å². The normalized spacial score (nSPS) is 20.8. The summed E-state index contributed by atoms with van der Waals surface area (Å²) < 4.78 is 5.13. The van der Waals surface area contributed by atoms with Crippen LogP contribution in [0.1, 0.15) is 60.3 Å². The Morgan fingerprint density at radius 2 is 2.06 bits per heavy atom. The number of carbonyl (C=O) groups is 2. The maximum atomic E-state index is 11.8. The van der Waals surface area contributed by atoms with Crippen LogP contribution < -0.4 is 0 Å². The standard InChI is InChI=1S/C15H24O3/c1-10(18-12(3)16)6-7-13-11(2)14(17)8-9-15(13,4)5/h10H,6-9H2,1-5H3. The van der Waals surface area contributed by atoms with E-state index in [9.17, 15) is 9.59 Å². The second kappa shape index (κ2) is 5.68. The summed E-state index contributed by atoms with van der Waals surface area (Å²) in [6.07, 6.45) is 3.10. The molecule has 1 unspecified atom stereocenters. The van der Waals surface area contributed by atoms with Gasteiger partial charge in [0.05, 0.1) is 6.10 Å². The molecule has 0 radical (unpaired) electrons. The number of esters is 1. The van der Waals surface area contributed by atoms with Crippen molar-refractivity contribution in [3.05, 3.63) is 11.1 Å². The second-order valence-corrected chi connectivity index (χ2v) is 5.87. The highest BCUT2D eigenvalue weighted by atomic mass is 16.5. The molecule has 0 aromatic heterocycles. The van der Waals surface area contributed by atoms with Crippen LogP contribution in [-0.4, -0.2) is 17.9 Å². The molecule has 1 aliphatic rings. The Kier molecular flexibility index (Phi) is 4.71. The quantitative estimate of drug-likeness (QED) is 0.720. The van der Waals surface area contributed by atoms with Gasteiger partial charge in [-0.2, -0.15) is 0 Å². The van der Waals surface area contributed by atoms with Crippen LogP contribution in [0.4, 0.5) is 0 Å². The van der Waals surface area contributed by atoms with E-state index in [4.69, 9.17) is 4.74 Å². The van der Waals surface area contributed by atoms with Crippen molar-refractivity contribution >= 4 is 11.8 Å². The van der Waals surface area contributed by atoms with Gasteiger partial charge in [0.1, 0.15) is 0 Å². The van der Waals surface area contributed by atoms with Gasteiger partial charge in [-0.3, -0.25) is 9.59 Å². The summed E-state index contributed by atoms with van der Waals surface area (Å²) in [6.45, 7) is 9.63. The van der Waals surface area contributed by atoms with Gasteiger partial charge in [0.15, 0.2) is 5.78 Å². The number of hydrogen-bond acceptors (Lipinski definition) is 3. The lowest BCUT2D eigenvalue weighted by atomic mass is 9.70. The summed E-state index contributed by atoms with van der Waals surface area (Å²) in [5.74, 6) is 0.0247. The van der Waals surface area contributed by atoms with Gasteiger partial charge in [-0.1, -0.05) is 19.4 Å². The lowest BCUT2D eigenvalue weighted by Crippen LogP contribution is -2.26. The molecule has 0 heterocycles. The first-order chi connectivity index (χ1) is 8.24. The van der Waals surface area contributed by atoms with E-state index in [1.54, 1.807) is 0 Å². The van der Waals surface area contributed by atoms with Crippen LogP contribution >= 0.6 is 0 Å².